The largest absolute Gasteiger partial charge is 0.372 e. The zero-order valence-corrected chi connectivity index (χ0v) is 9.55. The van der Waals surface area contributed by atoms with Crippen molar-refractivity contribution in [2.75, 3.05) is 0 Å². The summed E-state index contributed by atoms with van der Waals surface area (Å²) >= 11 is 0. The molecular weight excluding hydrogens is 186 g/mol. The van der Waals surface area contributed by atoms with E-state index in [1.807, 2.05) is 0 Å². The second kappa shape index (κ2) is 4.77. The van der Waals surface area contributed by atoms with E-state index in [1.54, 1.807) is 0 Å². The first kappa shape index (κ1) is 10.7. The molecule has 0 amide bonds. The zero-order chi connectivity index (χ0) is 10.7. The van der Waals surface area contributed by atoms with Crippen LogP contribution in [0.1, 0.15) is 37.0 Å². The summed E-state index contributed by atoms with van der Waals surface area (Å²) < 4.78 is 5.40. The molecule has 1 aliphatic heterocycles. The van der Waals surface area contributed by atoms with Crippen molar-refractivity contribution in [1.82, 2.24) is 5.32 Å². The Bertz CT molecular complexity index is 335. The third-order valence-corrected chi connectivity index (χ3v) is 3.05. The molecule has 1 aliphatic rings. The van der Waals surface area contributed by atoms with E-state index in [0.29, 0.717) is 6.04 Å². The minimum Gasteiger partial charge on any atom is -0.372 e. The Morgan fingerprint density at radius 2 is 2.13 bits per heavy atom. The summed E-state index contributed by atoms with van der Waals surface area (Å²) in [4.78, 5) is 0. The maximum atomic E-state index is 5.40. The van der Waals surface area contributed by atoms with Crippen LogP contribution >= 0.6 is 0 Å². The lowest BCUT2D eigenvalue weighted by Crippen LogP contribution is -2.24. The summed E-state index contributed by atoms with van der Waals surface area (Å²) in [5, 5.41) is 3.50. The third kappa shape index (κ3) is 2.58. The SMILES string of the molecule is CCC(C)NCc1ccc2c(c1)COC2. The molecule has 0 bridgehead atoms. The standard InChI is InChI=1S/C13H19NO/c1-3-10(2)14-7-11-4-5-12-8-15-9-13(12)6-11/h4-6,10,14H,3,7-9H2,1-2H3. The van der Waals surface area contributed by atoms with Crippen molar-refractivity contribution in [2.24, 2.45) is 0 Å². The van der Waals surface area contributed by atoms with Crippen LogP contribution in [0, 0.1) is 0 Å². The van der Waals surface area contributed by atoms with Gasteiger partial charge in [-0.05, 0) is 30.0 Å². The summed E-state index contributed by atoms with van der Waals surface area (Å²) in [7, 11) is 0. The van der Waals surface area contributed by atoms with Crippen LogP contribution in [0.2, 0.25) is 0 Å². The lowest BCUT2D eigenvalue weighted by atomic mass is 10.1. The highest BCUT2D eigenvalue weighted by atomic mass is 16.5. The Hall–Kier alpha value is -0.860. The number of hydrogen-bond donors (Lipinski definition) is 1. The molecule has 1 unspecified atom stereocenters. The van der Waals surface area contributed by atoms with Gasteiger partial charge in [0.1, 0.15) is 0 Å². The highest BCUT2D eigenvalue weighted by molar-refractivity contribution is 5.33. The normalized spacial score (nSPS) is 16.4. The molecule has 82 valence electrons. The molecule has 1 N–H and O–H groups in total. The number of ether oxygens (including phenoxy) is 1. The number of nitrogens with one attached hydrogen (secondary N) is 1. The van der Waals surface area contributed by atoms with Gasteiger partial charge in [0.05, 0.1) is 13.2 Å². The molecule has 2 nitrogen and oxygen atoms in total. The number of benzene rings is 1. The van der Waals surface area contributed by atoms with E-state index in [0.717, 1.165) is 19.8 Å². The van der Waals surface area contributed by atoms with Crippen LogP contribution in [0.25, 0.3) is 0 Å². The molecule has 1 aromatic carbocycles. The molecule has 0 fully saturated rings. The van der Waals surface area contributed by atoms with Gasteiger partial charge < -0.3 is 10.1 Å². The molecule has 15 heavy (non-hydrogen) atoms. The fourth-order valence-corrected chi connectivity index (χ4v) is 1.77. The smallest absolute Gasteiger partial charge is 0.0725 e. The molecule has 2 heteroatoms. The summed E-state index contributed by atoms with van der Waals surface area (Å²) in [6.07, 6.45) is 1.17. The number of fused-ring (bicyclic) bond motifs is 1. The van der Waals surface area contributed by atoms with Crippen molar-refractivity contribution in [3.8, 4) is 0 Å². The number of hydrogen-bond acceptors (Lipinski definition) is 2. The first-order valence-electron chi connectivity index (χ1n) is 5.71. The lowest BCUT2D eigenvalue weighted by Gasteiger charge is -2.11. The van der Waals surface area contributed by atoms with Gasteiger partial charge in [0.2, 0.25) is 0 Å². The summed E-state index contributed by atoms with van der Waals surface area (Å²) in [6.45, 7) is 6.95. The van der Waals surface area contributed by atoms with Gasteiger partial charge in [-0.1, -0.05) is 25.1 Å². The fraction of sp³-hybridized carbons (Fsp3) is 0.538. The van der Waals surface area contributed by atoms with E-state index < -0.39 is 0 Å². The van der Waals surface area contributed by atoms with E-state index in [4.69, 9.17) is 4.74 Å². The molecule has 0 spiro atoms. The lowest BCUT2D eigenvalue weighted by molar-refractivity contribution is 0.134. The molecule has 1 atom stereocenters. The van der Waals surface area contributed by atoms with E-state index in [1.165, 1.54) is 23.1 Å². The maximum absolute atomic E-state index is 5.40. The van der Waals surface area contributed by atoms with Crippen LogP contribution in [0.15, 0.2) is 18.2 Å². The van der Waals surface area contributed by atoms with Crippen molar-refractivity contribution >= 4 is 0 Å². The third-order valence-electron chi connectivity index (χ3n) is 3.05. The maximum Gasteiger partial charge on any atom is 0.0725 e. The quantitative estimate of drug-likeness (QED) is 0.815. The van der Waals surface area contributed by atoms with Crippen LogP contribution in [-0.2, 0) is 24.5 Å². The summed E-state index contributed by atoms with van der Waals surface area (Å²) in [6, 6.07) is 7.24. The minimum atomic E-state index is 0.592. The summed E-state index contributed by atoms with van der Waals surface area (Å²) in [5.41, 5.74) is 4.07. The Morgan fingerprint density at radius 1 is 1.33 bits per heavy atom. The van der Waals surface area contributed by atoms with E-state index in [9.17, 15) is 0 Å². The molecule has 0 saturated heterocycles. The highest BCUT2D eigenvalue weighted by Crippen LogP contribution is 2.20. The van der Waals surface area contributed by atoms with Crippen LogP contribution in [0.3, 0.4) is 0 Å². The molecule has 0 saturated carbocycles. The number of rotatable bonds is 4. The van der Waals surface area contributed by atoms with Crippen LogP contribution in [-0.4, -0.2) is 6.04 Å². The Balaban J connectivity index is 1.98. The minimum absolute atomic E-state index is 0.592. The van der Waals surface area contributed by atoms with E-state index in [2.05, 4.69) is 37.4 Å². The molecule has 0 aromatic heterocycles. The topological polar surface area (TPSA) is 21.3 Å². The average Bonchev–Trinajstić information content (AvgIpc) is 2.72. The monoisotopic (exact) mass is 205 g/mol. The van der Waals surface area contributed by atoms with Crippen molar-refractivity contribution < 1.29 is 4.74 Å². The van der Waals surface area contributed by atoms with Gasteiger partial charge in [0, 0.05) is 12.6 Å². The van der Waals surface area contributed by atoms with Crippen molar-refractivity contribution in [1.29, 1.82) is 0 Å². The van der Waals surface area contributed by atoms with Crippen LogP contribution < -0.4 is 5.32 Å². The van der Waals surface area contributed by atoms with Gasteiger partial charge in [-0.25, -0.2) is 0 Å². The van der Waals surface area contributed by atoms with Crippen LogP contribution in [0.5, 0.6) is 0 Å². The van der Waals surface area contributed by atoms with Gasteiger partial charge >= 0.3 is 0 Å². The fourth-order valence-electron chi connectivity index (χ4n) is 1.77. The molecule has 0 radical (unpaired) electrons. The van der Waals surface area contributed by atoms with Gasteiger partial charge in [-0.15, -0.1) is 0 Å². The van der Waals surface area contributed by atoms with Crippen molar-refractivity contribution in [3.05, 3.63) is 34.9 Å². The van der Waals surface area contributed by atoms with Crippen LogP contribution in [0.4, 0.5) is 0 Å². The Kier molecular flexibility index (Phi) is 3.39. The Morgan fingerprint density at radius 3 is 2.93 bits per heavy atom. The first-order chi connectivity index (χ1) is 7.29. The predicted molar refractivity (Wildman–Crippen MR) is 61.5 cm³/mol. The molecule has 1 heterocycles. The summed E-state index contributed by atoms with van der Waals surface area (Å²) in [5.74, 6) is 0. The van der Waals surface area contributed by atoms with Crippen molar-refractivity contribution in [3.63, 3.8) is 0 Å². The zero-order valence-electron chi connectivity index (χ0n) is 9.55. The molecule has 1 aromatic rings. The molecular formula is C13H19NO. The van der Waals surface area contributed by atoms with Gasteiger partial charge in [-0.2, -0.15) is 0 Å². The highest BCUT2D eigenvalue weighted by Gasteiger charge is 2.10. The van der Waals surface area contributed by atoms with E-state index >= 15 is 0 Å². The van der Waals surface area contributed by atoms with Gasteiger partial charge in [0.25, 0.3) is 0 Å². The molecule has 0 aliphatic carbocycles. The predicted octanol–water partition coefficient (Wildman–Crippen LogP) is 2.60. The second-order valence-corrected chi connectivity index (χ2v) is 4.29. The van der Waals surface area contributed by atoms with Crippen molar-refractivity contribution in [2.45, 2.75) is 46.1 Å². The average molecular weight is 205 g/mol. The second-order valence-electron chi connectivity index (χ2n) is 4.29. The van der Waals surface area contributed by atoms with E-state index in [-0.39, 0.29) is 0 Å². The molecule has 2 rings (SSSR count). The van der Waals surface area contributed by atoms with Gasteiger partial charge in [-0.3, -0.25) is 0 Å². The first-order valence-corrected chi connectivity index (χ1v) is 5.71. The Labute approximate surface area is 91.6 Å². The van der Waals surface area contributed by atoms with Gasteiger partial charge in [0.15, 0.2) is 0 Å².